The second-order valence-corrected chi connectivity index (χ2v) is 5.86. The first kappa shape index (κ1) is 15.7. The van der Waals surface area contributed by atoms with Crippen LogP contribution in [0.2, 0.25) is 0 Å². The lowest BCUT2D eigenvalue weighted by atomic mass is 10.2. The third-order valence-electron chi connectivity index (χ3n) is 2.89. The van der Waals surface area contributed by atoms with Gasteiger partial charge in [-0.15, -0.1) is 0 Å². The quantitative estimate of drug-likeness (QED) is 0.811. The van der Waals surface area contributed by atoms with E-state index in [0.29, 0.717) is 5.56 Å². The summed E-state index contributed by atoms with van der Waals surface area (Å²) in [5, 5.41) is 0. The number of hydrogen-bond donors (Lipinski definition) is 1. The minimum Gasteiger partial charge on any atom is -0.465 e. The fourth-order valence-electron chi connectivity index (χ4n) is 1.63. The van der Waals surface area contributed by atoms with Crippen LogP contribution >= 0.6 is 0 Å². The summed E-state index contributed by atoms with van der Waals surface area (Å²) in [5.74, 6) is -0.489. The maximum absolute atomic E-state index is 12.1. The molecule has 0 heterocycles. The predicted molar refractivity (Wildman–Crippen MR) is 72.5 cm³/mol. The number of nitrogens with one attached hydrogen (secondary N) is 1. The SMILES string of the molecule is CCC(CC)NS(=O)(=O)c1ccc(C(=O)OC)cc1. The van der Waals surface area contributed by atoms with E-state index < -0.39 is 16.0 Å². The molecule has 0 aliphatic carbocycles. The highest BCUT2D eigenvalue weighted by Gasteiger charge is 2.18. The van der Waals surface area contributed by atoms with Crippen molar-refractivity contribution in [2.24, 2.45) is 0 Å². The van der Waals surface area contributed by atoms with Crippen molar-refractivity contribution < 1.29 is 17.9 Å². The summed E-state index contributed by atoms with van der Waals surface area (Å²) in [7, 11) is -2.26. The molecule has 0 saturated heterocycles. The van der Waals surface area contributed by atoms with Gasteiger partial charge >= 0.3 is 5.97 Å². The minimum atomic E-state index is -3.54. The van der Waals surface area contributed by atoms with Gasteiger partial charge in [0, 0.05) is 6.04 Å². The first-order chi connectivity index (χ1) is 8.94. The van der Waals surface area contributed by atoms with E-state index in [-0.39, 0.29) is 10.9 Å². The Kier molecular flexibility index (Phi) is 5.50. The smallest absolute Gasteiger partial charge is 0.337 e. The number of ether oxygens (including phenoxy) is 1. The second kappa shape index (κ2) is 6.68. The van der Waals surface area contributed by atoms with Gasteiger partial charge in [-0.3, -0.25) is 0 Å². The molecule has 1 rings (SSSR count). The molecule has 0 fully saturated rings. The highest BCUT2D eigenvalue weighted by molar-refractivity contribution is 7.89. The van der Waals surface area contributed by atoms with E-state index in [2.05, 4.69) is 9.46 Å². The van der Waals surface area contributed by atoms with Crippen molar-refractivity contribution in [3.8, 4) is 0 Å². The highest BCUT2D eigenvalue weighted by Crippen LogP contribution is 2.13. The molecule has 0 amide bonds. The van der Waals surface area contributed by atoms with E-state index in [1.54, 1.807) is 0 Å². The molecule has 0 saturated carbocycles. The normalized spacial score (nSPS) is 11.6. The zero-order valence-electron chi connectivity index (χ0n) is 11.3. The number of sulfonamides is 1. The average molecular weight is 285 g/mol. The zero-order chi connectivity index (χ0) is 14.5. The molecule has 1 aromatic carbocycles. The molecular weight excluding hydrogens is 266 g/mol. The molecule has 0 spiro atoms. The van der Waals surface area contributed by atoms with Crippen molar-refractivity contribution >= 4 is 16.0 Å². The predicted octanol–water partition coefficient (Wildman–Crippen LogP) is 1.94. The summed E-state index contributed by atoms with van der Waals surface area (Å²) in [5.41, 5.74) is 0.323. The van der Waals surface area contributed by atoms with Gasteiger partial charge in [0.15, 0.2) is 0 Å². The molecule has 0 aliphatic rings. The molecule has 1 aromatic rings. The molecule has 0 bridgehead atoms. The molecule has 19 heavy (non-hydrogen) atoms. The minimum absolute atomic E-state index is 0.0784. The Morgan fingerprint density at radius 3 is 2.16 bits per heavy atom. The maximum Gasteiger partial charge on any atom is 0.337 e. The lowest BCUT2D eigenvalue weighted by Gasteiger charge is -2.15. The lowest BCUT2D eigenvalue weighted by Crippen LogP contribution is -2.33. The van der Waals surface area contributed by atoms with E-state index in [1.807, 2.05) is 13.8 Å². The molecule has 0 radical (unpaired) electrons. The standard InChI is InChI=1S/C13H19NO4S/c1-4-11(5-2)14-19(16,17)12-8-6-10(7-9-12)13(15)18-3/h6-9,11,14H,4-5H2,1-3H3. The summed E-state index contributed by atoms with van der Waals surface area (Å²) in [4.78, 5) is 11.4. The number of carbonyl (C=O) groups is 1. The number of esters is 1. The number of methoxy groups -OCH3 is 1. The molecular formula is C13H19NO4S. The van der Waals surface area contributed by atoms with Gasteiger partial charge in [-0.2, -0.15) is 0 Å². The van der Waals surface area contributed by atoms with Crippen LogP contribution < -0.4 is 4.72 Å². The monoisotopic (exact) mass is 285 g/mol. The van der Waals surface area contributed by atoms with E-state index in [9.17, 15) is 13.2 Å². The van der Waals surface area contributed by atoms with Gasteiger partial charge < -0.3 is 4.74 Å². The van der Waals surface area contributed by atoms with Crippen molar-refractivity contribution in [3.63, 3.8) is 0 Å². The Morgan fingerprint density at radius 2 is 1.74 bits per heavy atom. The van der Waals surface area contributed by atoms with Crippen LogP contribution in [0.5, 0.6) is 0 Å². The summed E-state index contributed by atoms with van der Waals surface area (Å²) in [6.07, 6.45) is 1.46. The average Bonchev–Trinajstić information content (AvgIpc) is 2.44. The van der Waals surface area contributed by atoms with Crippen LogP contribution in [-0.2, 0) is 14.8 Å². The summed E-state index contributed by atoms with van der Waals surface area (Å²) < 4.78 is 31.4. The molecule has 106 valence electrons. The van der Waals surface area contributed by atoms with Gasteiger partial charge in [0.05, 0.1) is 17.6 Å². The van der Waals surface area contributed by atoms with Crippen molar-refractivity contribution in [1.82, 2.24) is 4.72 Å². The Bertz CT molecular complexity index is 518. The first-order valence-electron chi connectivity index (χ1n) is 6.15. The Labute approximate surface area is 114 Å². The Hall–Kier alpha value is -1.40. The fourth-order valence-corrected chi connectivity index (χ4v) is 3.03. The van der Waals surface area contributed by atoms with Crippen molar-refractivity contribution in [2.45, 2.75) is 37.6 Å². The van der Waals surface area contributed by atoms with Crippen LogP contribution in [0.1, 0.15) is 37.0 Å². The number of hydrogen-bond acceptors (Lipinski definition) is 4. The molecule has 0 atom stereocenters. The topological polar surface area (TPSA) is 72.5 Å². The van der Waals surface area contributed by atoms with Crippen molar-refractivity contribution in [1.29, 1.82) is 0 Å². The van der Waals surface area contributed by atoms with Crippen LogP contribution in [0.4, 0.5) is 0 Å². The van der Waals surface area contributed by atoms with Gasteiger partial charge in [-0.1, -0.05) is 13.8 Å². The number of benzene rings is 1. The maximum atomic E-state index is 12.1. The van der Waals surface area contributed by atoms with Gasteiger partial charge in [-0.05, 0) is 37.1 Å². The lowest BCUT2D eigenvalue weighted by molar-refractivity contribution is 0.0600. The first-order valence-corrected chi connectivity index (χ1v) is 7.63. The third kappa shape index (κ3) is 4.04. The highest BCUT2D eigenvalue weighted by atomic mass is 32.2. The van der Waals surface area contributed by atoms with E-state index in [0.717, 1.165) is 12.8 Å². The van der Waals surface area contributed by atoms with E-state index in [4.69, 9.17) is 0 Å². The van der Waals surface area contributed by atoms with E-state index in [1.165, 1.54) is 31.4 Å². The number of carbonyl (C=O) groups excluding carboxylic acids is 1. The van der Waals surface area contributed by atoms with Crippen molar-refractivity contribution in [2.75, 3.05) is 7.11 Å². The van der Waals surface area contributed by atoms with Crippen LogP contribution in [0.25, 0.3) is 0 Å². The summed E-state index contributed by atoms with van der Waals surface area (Å²) in [6, 6.07) is 5.60. The molecule has 0 aromatic heterocycles. The fraction of sp³-hybridized carbons (Fsp3) is 0.462. The molecule has 0 unspecified atom stereocenters. The molecule has 5 nitrogen and oxygen atoms in total. The largest absolute Gasteiger partial charge is 0.465 e. The van der Waals surface area contributed by atoms with Crippen LogP contribution in [0.15, 0.2) is 29.2 Å². The summed E-state index contributed by atoms with van der Waals surface area (Å²) >= 11 is 0. The van der Waals surface area contributed by atoms with Crippen LogP contribution in [0.3, 0.4) is 0 Å². The second-order valence-electron chi connectivity index (χ2n) is 4.15. The molecule has 6 heteroatoms. The zero-order valence-corrected chi connectivity index (χ0v) is 12.2. The van der Waals surface area contributed by atoms with Gasteiger partial charge in [-0.25, -0.2) is 17.9 Å². The van der Waals surface area contributed by atoms with Gasteiger partial charge in [0.2, 0.25) is 10.0 Å². The summed E-state index contributed by atoms with van der Waals surface area (Å²) in [6.45, 7) is 3.86. The Balaban J connectivity index is 2.93. The van der Waals surface area contributed by atoms with Crippen molar-refractivity contribution in [3.05, 3.63) is 29.8 Å². The van der Waals surface area contributed by atoms with Gasteiger partial charge in [0.25, 0.3) is 0 Å². The third-order valence-corrected chi connectivity index (χ3v) is 4.43. The Morgan fingerprint density at radius 1 is 1.21 bits per heavy atom. The number of rotatable bonds is 6. The molecule has 1 N–H and O–H groups in total. The molecule has 0 aliphatic heterocycles. The van der Waals surface area contributed by atoms with Gasteiger partial charge in [0.1, 0.15) is 0 Å². The van der Waals surface area contributed by atoms with Crippen LogP contribution in [-0.4, -0.2) is 27.5 Å². The van der Waals surface area contributed by atoms with Crippen LogP contribution in [0, 0.1) is 0 Å². The van der Waals surface area contributed by atoms with E-state index >= 15 is 0 Å².